The monoisotopic (exact) mass is 301 g/mol. The number of ketones is 1. The second kappa shape index (κ2) is 5.86. The second-order valence-corrected chi connectivity index (χ2v) is 5.64. The van der Waals surface area contributed by atoms with E-state index in [0.29, 0.717) is 16.3 Å². The number of ether oxygens (including phenoxy) is 1. The number of carbonyl (C=O) groups is 1. The fourth-order valence-electron chi connectivity index (χ4n) is 2.92. The van der Waals surface area contributed by atoms with E-state index in [4.69, 9.17) is 16.3 Å². The summed E-state index contributed by atoms with van der Waals surface area (Å²) in [6.07, 6.45) is 4.58. The summed E-state index contributed by atoms with van der Waals surface area (Å²) in [6, 6.07) is 9.12. The number of benzene rings is 1. The normalized spacial score (nSPS) is 17.1. The Morgan fingerprint density at radius 3 is 3.05 bits per heavy atom. The topological polar surface area (TPSA) is 39.2 Å². The largest absolute Gasteiger partial charge is 0.496 e. The summed E-state index contributed by atoms with van der Waals surface area (Å²) in [7, 11) is 1.55. The summed E-state index contributed by atoms with van der Waals surface area (Å²) in [6.45, 7) is 0. The van der Waals surface area contributed by atoms with E-state index in [2.05, 4.69) is 11.1 Å². The number of methoxy groups -OCH3 is 1. The number of rotatable bonds is 3. The number of pyridine rings is 1. The molecule has 1 aliphatic carbocycles. The van der Waals surface area contributed by atoms with Crippen molar-refractivity contribution in [2.45, 2.75) is 25.2 Å². The van der Waals surface area contributed by atoms with Crippen LogP contribution in [-0.2, 0) is 6.42 Å². The number of aryl methyl sites for hydroxylation is 1. The molecule has 0 radical (unpaired) electrons. The van der Waals surface area contributed by atoms with Crippen LogP contribution in [0.15, 0.2) is 36.5 Å². The summed E-state index contributed by atoms with van der Waals surface area (Å²) >= 11 is 5.96. The van der Waals surface area contributed by atoms with Gasteiger partial charge in [-0.05, 0) is 49.1 Å². The Balaban J connectivity index is 2.00. The first-order valence-corrected chi connectivity index (χ1v) is 7.40. The van der Waals surface area contributed by atoms with Gasteiger partial charge in [0.2, 0.25) is 0 Å². The lowest BCUT2D eigenvalue weighted by Crippen LogP contribution is -2.20. The number of carbonyl (C=O) groups excluding carboxylic acids is 1. The first-order chi connectivity index (χ1) is 10.2. The molecule has 3 rings (SSSR count). The van der Waals surface area contributed by atoms with Crippen molar-refractivity contribution in [2.75, 3.05) is 7.11 Å². The number of halogens is 1. The van der Waals surface area contributed by atoms with Crippen LogP contribution in [0.25, 0.3) is 0 Å². The quantitative estimate of drug-likeness (QED) is 0.803. The molecule has 1 aromatic carbocycles. The van der Waals surface area contributed by atoms with Crippen LogP contribution < -0.4 is 4.74 Å². The Morgan fingerprint density at radius 2 is 2.24 bits per heavy atom. The number of nitrogens with zero attached hydrogens (tertiary/aromatic N) is 1. The molecule has 0 saturated heterocycles. The molecule has 0 bridgehead atoms. The van der Waals surface area contributed by atoms with E-state index in [9.17, 15) is 4.79 Å². The average Bonchev–Trinajstić information content (AvgIpc) is 2.53. The van der Waals surface area contributed by atoms with Crippen molar-refractivity contribution in [2.24, 2.45) is 0 Å². The van der Waals surface area contributed by atoms with E-state index in [-0.39, 0.29) is 11.7 Å². The zero-order valence-corrected chi connectivity index (χ0v) is 12.6. The molecule has 1 heterocycles. The standard InChI is InChI=1S/C17H16ClNO2/c1-21-15-10-12(18)7-8-13(15)17(20)14-6-2-4-11-5-3-9-19-16(11)14/h3,5,7-10,14H,2,4,6H2,1H3. The van der Waals surface area contributed by atoms with Gasteiger partial charge in [-0.15, -0.1) is 0 Å². The van der Waals surface area contributed by atoms with E-state index in [0.717, 1.165) is 25.0 Å². The van der Waals surface area contributed by atoms with Crippen LogP contribution in [0, 0.1) is 0 Å². The lowest BCUT2D eigenvalue weighted by molar-refractivity contribution is 0.0946. The molecule has 1 unspecified atom stereocenters. The van der Waals surface area contributed by atoms with E-state index < -0.39 is 0 Å². The SMILES string of the molecule is COc1cc(Cl)ccc1C(=O)C1CCCc2cccnc21. The maximum absolute atomic E-state index is 12.9. The maximum Gasteiger partial charge on any atom is 0.175 e. The summed E-state index contributed by atoms with van der Waals surface area (Å²) in [5.41, 5.74) is 2.66. The summed E-state index contributed by atoms with van der Waals surface area (Å²) in [5, 5.41) is 0.561. The Hall–Kier alpha value is -1.87. The number of Topliss-reactive ketones (excluding diaryl/α,β-unsaturated/α-hetero) is 1. The van der Waals surface area contributed by atoms with Gasteiger partial charge in [0, 0.05) is 11.2 Å². The molecule has 0 spiro atoms. The molecule has 1 aliphatic rings. The molecular weight excluding hydrogens is 286 g/mol. The highest BCUT2D eigenvalue weighted by Gasteiger charge is 2.30. The first kappa shape index (κ1) is 14.1. The van der Waals surface area contributed by atoms with Gasteiger partial charge >= 0.3 is 0 Å². The highest BCUT2D eigenvalue weighted by Crippen LogP contribution is 2.35. The molecule has 0 saturated carbocycles. The number of hydrogen-bond acceptors (Lipinski definition) is 3. The van der Waals surface area contributed by atoms with Crippen molar-refractivity contribution >= 4 is 17.4 Å². The average molecular weight is 302 g/mol. The summed E-state index contributed by atoms with van der Waals surface area (Å²) in [4.78, 5) is 17.3. The van der Waals surface area contributed by atoms with Gasteiger partial charge in [0.1, 0.15) is 5.75 Å². The third-order valence-electron chi connectivity index (χ3n) is 3.94. The molecule has 4 heteroatoms. The predicted octanol–water partition coefficient (Wildman–Crippen LogP) is 4.05. The molecule has 0 N–H and O–H groups in total. The zero-order valence-electron chi connectivity index (χ0n) is 11.8. The molecule has 3 nitrogen and oxygen atoms in total. The minimum atomic E-state index is -0.190. The van der Waals surface area contributed by atoms with Crippen LogP contribution in [0.2, 0.25) is 5.02 Å². The van der Waals surface area contributed by atoms with Crippen LogP contribution in [0.3, 0.4) is 0 Å². The van der Waals surface area contributed by atoms with Crippen LogP contribution in [0.5, 0.6) is 5.75 Å². The van der Waals surface area contributed by atoms with Crippen LogP contribution >= 0.6 is 11.6 Å². The molecule has 1 aromatic heterocycles. The fraction of sp³-hybridized carbons (Fsp3) is 0.294. The number of fused-ring (bicyclic) bond motifs is 1. The van der Waals surface area contributed by atoms with Crippen molar-refractivity contribution < 1.29 is 9.53 Å². The Morgan fingerprint density at radius 1 is 1.38 bits per heavy atom. The van der Waals surface area contributed by atoms with Gasteiger partial charge in [0.15, 0.2) is 5.78 Å². The Bertz CT molecular complexity index is 684. The van der Waals surface area contributed by atoms with E-state index >= 15 is 0 Å². The third-order valence-corrected chi connectivity index (χ3v) is 4.18. The minimum absolute atomic E-state index is 0.0585. The maximum atomic E-state index is 12.9. The summed E-state index contributed by atoms with van der Waals surface area (Å²) < 4.78 is 5.30. The highest BCUT2D eigenvalue weighted by molar-refractivity contribution is 6.30. The predicted molar refractivity (Wildman–Crippen MR) is 82.3 cm³/mol. The fourth-order valence-corrected chi connectivity index (χ4v) is 3.08. The van der Waals surface area contributed by atoms with Crippen molar-refractivity contribution in [1.29, 1.82) is 0 Å². The van der Waals surface area contributed by atoms with Gasteiger partial charge in [-0.1, -0.05) is 17.7 Å². The van der Waals surface area contributed by atoms with Crippen molar-refractivity contribution in [3.63, 3.8) is 0 Å². The van der Waals surface area contributed by atoms with Crippen LogP contribution in [0.1, 0.15) is 40.4 Å². The van der Waals surface area contributed by atoms with Gasteiger partial charge in [0.25, 0.3) is 0 Å². The second-order valence-electron chi connectivity index (χ2n) is 5.20. The summed E-state index contributed by atoms with van der Waals surface area (Å²) in [5.74, 6) is 0.392. The molecule has 0 aliphatic heterocycles. The lowest BCUT2D eigenvalue weighted by Gasteiger charge is -2.23. The first-order valence-electron chi connectivity index (χ1n) is 7.02. The van der Waals surface area contributed by atoms with E-state index in [1.807, 2.05) is 6.07 Å². The van der Waals surface area contributed by atoms with Gasteiger partial charge in [0.05, 0.1) is 24.3 Å². The van der Waals surface area contributed by atoms with Crippen LogP contribution in [0.4, 0.5) is 0 Å². The molecule has 1 atom stereocenters. The van der Waals surface area contributed by atoms with E-state index in [1.54, 1.807) is 31.5 Å². The zero-order chi connectivity index (χ0) is 14.8. The van der Waals surface area contributed by atoms with Crippen molar-refractivity contribution in [1.82, 2.24) is 4.98 Å². The van der Waals surface area contributed by atoms with E-state index in [1.165, 1.54) is 5.56 Å². The van der Waals surface area contributed by atoms with Gasteiger partial charge < -0.3 is 4.74 Å². The molecule has 21 heavy (non-hydrogen) atoms. The highest BCUT2D eigenvalue weighted by atomic mass is 35.5. The Labute approximate surface area is 128 Å². The van der Waals surface area contributed by atoms with Crippen molar-refractivity contribution in [3.05, 3.63) is 58.4 Å². The molecule has 108 valence electrons. The number of hydrogen-bond donors (Lipinski definition) is 0. The Kier molecular flexibility index (Phi) is 3.93. The molecular formula is C17H16ClNO2. The van der Waals surface area contributed by atoms with Gasteiger partial charge in [-0.3, -0.25) is 9.78 Å². The molecule has 0 fully saturated rings. The smallest absolute Gasteiger partial charge is 0.175 e. The number of aromatic nitrogens is 1. The van der Waals surface area contributed by atoms with Crippen LogP contribution in [-0.4, -0.2) is 17.9 Å². The molecule has 0 amide bonds. The van der Waals surface area contributed by atoms with Crippen molar-refractivity contribution in [3.8, 4) is 5.75 Å². The lowest BCUT2D eigenvalue weighted by atomic mass is 9.82. The third kappa shape index (κ3) is 2.66. The minimum Gasteiger partial charge on any atom is -0.496 e. The van der Waals surface area contributed by atoms with Gasteiger partial charge in [-0.2, -0.15) is 0 Å². The molecule has 2 aromatic rings. The van der Waals surface area contributed by atoms with Gasteiger partial charge in [-0.25, -0.2) is 0 Å².